The van der Waals surface area contributed by atoms with Crippen molar-refractivity contribution >= 4 is 18.4 Å². The molecule has 0 spiro atoms. The molecule has 15 heavy (non-hydrogen) atoms. The molecule has 0 heterocycles. The van der Waals surface area contributed by atoms with E-state index in [1.54, 1.807) is 0 Å². The van der Waals surface area contributed by atoms with Crippen molar-refractivity contribution in [2.75, 3.05) is 13.7 Å². The predicted octanol–water partition coefficient (Wildman–Crippen LogP) is 0.707. The summed E-state index contributed by atoms with van der Waals surface area (Å²) in [4.78, 5) is 11.2. The summed E-state index contributed by atoms with van der Waals surface area (Å²) in [7, 11) is 1.36. The fourth-order valence-electron chi connectivity index (χ4n) is 2.06. The Hall–Kier alpha value is -0.320. The second-order valence-electron chi connectivity index (χ2n) is 4.01. The first kappa shape index (κ1) is 14.7. The molecule has 1 unspecified atom stereocenters. The smallest absolute Gasteiger partial charge is 0.322 e. The summed E-state index contributed by atoms with van der Waals surface area (Å²) >= 11 is 0. The molecule has 1 fully saturated rings. The van der Waals surface area contributed by atoms with Crippen LogP contribution in [0.15, 0.2) is 0 Å². The molecule has 1 atom stereocenters. The van der Waals surface area contributed by atoms with E-state index in [-0.39, 0.29) is 30.9 Å². The maximum absolute atomic E-state index is 11.2. The molecule has 0 aromatic rings. The van der Waals surface area contributed by atoms with Gasteiger partial charge in [-0.1, -0.05) is 0 Å². The summed E-state index contributed by atoms with van der Waals surface area (Å²) in [6.45, 7) is 0.250. The molecule has 0 amide bonds. The lowest BCUT2D eigenvalue weighted by Gasteiger charge is -2.29. The highest BCUT2D eigenvalue weighted by Gasteiger charge is 2.29. The second kappa shape index (κ2) is 7.04. The van der Waals surface area contributed by atoms with Crippen molar-refractivity contribution in [3.63, 3.8) is 0 Å². The molecule has 3 N–H and O–H groups in total. The number of rotatable bonds is 3. The van der Waals surface area contributed by atoms with Crippen LogP contribution in [0, 0.1) is 11.8 Å². The molecule has 1 aliphatic carbocycles. The van der Waals surface area contributed by atoms with E-state index in [0.717, 1.165) is 25.7 Å². The van der Waals surface area contributed by atoms with Crippen LogP contribution in [0.4, 0.5) is 0 Å². The van der Waals surface area contributed by atoms with Crippen LogP contribution in [0.25, 0.3) is 0 Å². The van der Waals surface area contributed by atoms with Gasteiger partial charge >= 0.3 is 5.97 Å². The van der Waals surface area contributed by atoms with Crippen LogP contribution in [0.2, 0.25) is 0 Å². The maximum Gasteiger partial charge on any atom is 0.322 e. The summed E-state index contributed by atoms with van der Waals surface area (Å²) in [5.41, 5.74) is 5.75. The molecule has 1 saturated carbocycles. The zero-order valence-corrected chi connectivity index (χ0v) is 9.83. The number of hydrogen-bond acceptors (Lipinski definition) is 4. The Balaban J connectivity index is 0.00000196. The lowest BCUT2D eigenvalue weighted by Crippen LogP contribution is -2.40. The third-order valence-electron chi connectivity index (χ3n) is 3.13. The molecule has 0 radical (unpaired) electrons. The Morgan fingerprint density at radius 2 is 2.00 bits per heavy atom. The largest absolute Gasteiger partial charge is 0.468 e. The van der Waals surface area contributed by atoms with Gasteiger partial charge in [-0.25, -0.2) is 0 Å². The van der Waals surface area contributed by atoms with Crippen molar-refractivity contribution in [2.45, 2.75) is 31.7 Å². The van der Waals surface area contributed by atoms with Crippen LogP contribution in [-0.4, -0.2) is 30.8 Å². The van der Waals surface area contributed by atoms with Crippen molar-refractivity contribution < 1.29 is 14.6 Å². The minimum atomic E-state index is -0.486. The molecule has 1 aliphatic rings. The third-order valence-corrected chi connectivity index (χ3v) is 3.13. The van der Waals surface area contributed by atoms with Gasteiger partial charge < -0.3 is 15.6 Å². The molecule has 1 rings (SSSR count). The van der Waals surface area contributed by atoms with Crippen molar-refractivity contribution in [2.24, 2.45) is 17.6 Å². The monoisotopic (exact) mass is 237 g/mol. The first-order valence-electron chi connectivity index (χ1n) is 5.13. The fourth-order valence-corrected chi connectivity index (χ4v) is 2.06. The van der Waals surface area contributed by atoms with E-state index in [4.69, 9.17) is 10.8 Å². The van der Waals surface area contributed by atoms with Gasteiger partial charge in [-0.05, 0) is 37.5 Å². The van der Waals surface area contributed by atoms with Gasteiger partial charge in [0.05, 0.1) is 7.11 Å². The molecule has 90 valence electrons. The lowest BCUT2D eigenvalue weighted by atomic mass is 9.79. The van der Waals surface area contributed by atoms with Crippen molar-refractivity contribution in [3.8, 4) is 0 Å². The zero-order valence-electron chi connectivity index (χ0n) is 9.02. The number of halogens is 1. The van der Waals surface area contributed by atoms with Gasteiger partial charge in [0, 0.05) is 6.61 Å². The summed E-state index contributed by atoms with van der Waals surface area (Å²) in [6.07, 6.45) is 3.76. The SMILES string of the molecule is COC(=O)C(N)C1CCC(CO)CC1.Cl. The van der Waals surface area contributed by atoms with E-state index in [0.29, 0.717) is 5.92 Å². The molecule has 4 nitrogen and oxygen atoms in total. The Morgan fingerprint density at radius 1 is 1.47 bits per heavy atom. The highest BCUT2D eigenvalue weighted by atomic mass is 35.5. The summed E-state index contributed by atoms with van der Waals surface area (Å²) in [5, 5.41) is 8.95. The Labute approximate surface area is 96.6 Å². The van der Waals surface area contributed by atoms with Gasteiger partial charge in [-0.15, -0.1) is 12.4 Å². The van der Waals surface area contributed by atoms with Gasteiger partial charge in [0.15, 0.2) is 0 Å². The molecule has 0 bridgehead atoms. The highest BCUT2D eigenvalue weighted by Crippen LogP contribution is 2.30. The van der Waals surface area contributed by atoms with Crippen molar-refractivity contribution in [3.05, 3.63) is 0 Å². The van der Waals surface area contributed by atoms with E-state index in [1.807, 2.05) is 0 Å². The third kappa shape index (κ3) is 3.97. The average molecular weight is 238 g/mol. The summed E-state index contributed by atoms with van der Waals surface area (Å²) in [5.74, 6) is 0.304. The molecule has 0 saturated heterocycles. The number of ether oxygens (including phenoxy) is 1. The van der Waals surface area contributed by atoms with Gasteiger partial charge in [0.1, 0.15) is 6.04 Å². The first-order chi connectivity index (χ1) is 6.69. The van der Waals surface area contributed by atoms with E-state index in [9.17, 15) is 4.79 Å². The van der Waals surface area contributed by atoms with Crippen LogP contribution in [0.3, 0.4) is 0 Å². The molecular formula is C10H20ClNO3. The van der Waals surface area contributed by atoms with Crippen LogP contribution < -0.4 is 5.73 Å². The summed E-state index contributed by atoms with van der Waals surface area (Å²) < 4.78 is 4.61. The first-order valence-corrected chi connectivity index (χ1v) is 5.13. The number of nitrogens with two attached hydrogens (primary N) is 1. The van der Waals surface area contributed by atoms with Crippen molar-refractivity contribution in [1.29, 1.82) is 0 Å². The van der Waals surface area contributed by atoms with Gasteiger partial charge in [0.2, 0.25) is 0 Å². The molecule has 0 aliphatic heterocycles. The topological polar surface area (TPSA) is 72.5 Å². The summed E-state index contributed by atoms with van der Waals surface area (Å²) in [6, 6.07) is -0.486. The number of hydrogen-bond donors (Lipinski definition) is 2. The molecule has 5 heteroatoms. The average Bonchev–Trinajstić information content (AvgIpc) is 2.27. The second-order valence-corrected chi connectivity index (χ2v) is 4.01. The number of aliphatic hydroxyl groups excluding tert-OH is 1. The van der Waals surface area contributed by atoms with E-state index in [2.05, 4.69) is 4.74 Å². The number of esters is 1. The molecule has 0 aromatic carbocycles. The number of aliphatic hydroxyl groups is 1. The van der Waals surface area contributed by atoms with Gasteiger partial charge in [-0.3, -0.25) is 4.79 Å². The van der Waals surface area contributed by atoms with Crippen LogP contribution in [0.5, 0.6) is 0 Å². The lowest BCUT2D eigenvalue weighted by molar-refractivity contribution is -0.143. The van der Waals surface area contributed by atoms with Crippen LogP contribution >= 0.6 is 12.4 Å². The maximum atomic E-state index is 11.2. The van der Waals surface area contributed by atoms with Crippen LogP contribution in [0.1, 0.15) is 25.7 Å². The molecule has 0 aromatic heterocycles. The zero-order chi connectivity index (χ0) is 10.6. The van der Waals surface area contributed by atoms with E-state index < -0.39 is 6.04 Å². The van der Waals surface area contributed by atoms with Crippen molar-refractivity contribution in [1.82, 2.24) is 0 Å². The number of methoxy groups -OCH3 is 1. The fraction of sp³-hybridized carbons (Fsp3) is 0.900. The standard InChI is InChI=1S/C10H19NO3.ClH/c1-14-10(13)9(11)8-4-2-7(6-12)3-5-8;/h7-9,12H,2-6,11H2,1H3;1H. The Bertz CT molecular complexity index is 193. The number of carbonyl (C=O) groups excluding carboxylic acids is 1. The highest BCUT2D eigenvalue weighted by molar-refractivity contribution is 5.85. The quantitative estimate of drug-likeness (QED) is 0.709. The predicted molar refractivity (Wildman–Crippen MR) is 59.8 cm³/mol. The van der Waals surface area contributed by atoms with Crippen LogP contribution in [-0.2, 0) is 9.53 Å². The minimum absolute atomic E-state index is 0. The van der Waals surface area contributed by atoms with Gasteiger partial charge in [-0.2, -0.15) is 0 Å². The minimum Gasteiger partial charge on any atom is -0.468 e. The Kier molecular flexibility index (Phi) is 6.89. The van der Waals surface area contributed by atoms with E-state index in [1.165, 1.54) is 7.11 Å². The molecular weight excluding hydrogens is 218 g/mol. The van der Waals surface area contributed by atoms with Gasteiger partial charge in [0.25, 0.3) is 0 Å². The Morgan fingerprint density at radius 3 is 2.40 bits per heavy atom. The number of carbonyl (C=O) groups is 1. The van der Waals surface area contributed by atoms with E-state index >= 15 is 0 Å². The normalized spacial score (nSPS) is 27.7.